The summed E-state index contributed by atoms with van der Waals surface area (Å²) in [6, 6.07) is 3.72. The van der Waals surface area contributed by atoms with Crippen molar-refractivity contribution in [2.45, 2.75) is 18.4 Å². The normalized spacial score (nSPS) is 17.9. The molecule has 0 atom stereocenters. The van der Waals surface area contributed by atoms with Crippen LogP contribution in [0.2, 0.25) is 5.02 Å². The number of ketones is 1. The molecule has 0 unspecified atom stereocenters. The molecule has 1 fully saturated rings. The summed E-state index contributed by atoms with van der Waals surface area (Å²) < 4.78 is 12.9. The van der Waals surface area contributed by atoms with Crippen molar-refractivity contribution in [3.63, 3.8) is 0 Å². The molecule has 1 aliphatic rings. The minimum atomic E-state index is -0.794. The monoisotopic (exact) mass is 213 g/mol. The van der Waals surface area contributed by atoms with E-state index in [-0.39, 0.29) is 16.4 Å². The van der Waals surface area contributed by atoms with Gasteiger partial charge in [0.05, 0.1) is 10.6 Å². The number of halogens is 2. The van der Waals surface area contributed by atoms with E-state index in [1.54, 1.807) is 0 Å². The third-order valence-corrected chi connectivity index (χ3v) is 2.74. The first-order chi connectivity index (χ1) is 6.53. The number of Topliss-reactive ketones (excluding diaryl/α,β-unsaturated/α-hetero) is 1. The van der Waals surface area contributed by atoms with Gasteiger partial charge in [0.1, 0.15) is 5.82 Å². The smallest absolute Gasteiger partial charge is 0.184 e. The van der Waals surface area contributed by atoms with E-state index >= 15 is 0 Å². The molecule has 0 amide bonds. The second-order valence-corrected chi connectivity index (χ2v) is 4.02. The Morgan fingerprint density at radius 2 is 2.14 bits per heavy atom. The Hall–Kier alpha value is -0.930. The van der Waals surface area contributed by atoms with E-state index in [1.165, 1.54) is 12.1 Å². The SMILES string of the molecule is NC1(C(=O)c2cc(F)ccc2Cl)CC1. The number of hydrogen-bond acceptors (Lipinski definition) is 2. The van der Waals surface area contributed by atoms with E-state index in [1.807, 2.05) is 0 Å². The van der Waals surface area contributed by atoms with Gasteiger partial charge in [-0.1, -0.05) is 11.6 Å². The quantitative estimate of drug-likeness (QED) is 0.765. The summed E-state index contributed by atoms with van der Waals surface area (Å²) in [4.78, 5) is 11.7. The summed E-state index contributed by atoms with van der Waals surface area (Å²) in [5.41, 5.74) is 5.10. The standard InChI is InChI=1S/C10H9ClFNO/c11-8-2-1-6(12)5-7(8)9(14)10(13)3-4-10/h1-2,5H,3-4,13H2. The van der Waals surface area contributed by atoms with Crippen LogP contribution in [0.4, 0.5) is 4.39 Å². The minimum Gasteiger partial charge on any atom is -0.319 e. The van der Waals surface area contributed by atoms with Gasteiger partial charge in [0.2, 0.25) is 0 Å². The van der Waals surface area contributed by atoms with Crippen molar-refractivity contribution >= 4 is 17.4 Å². The molecule has 0 spiro atoms. The summed E-state index contributed by atoms with van der Waals surface area (Å²) in [7, 11) is 0. The zero-order chi connectivity index (χ0) is 10.3. The van der Waals surface area contributed by atoms with Crippen LogP contribution in [0.3, 0.4) is 0 Å². The number of nitrogens with two attached hydrogens (primary N) is 1. The van der Waals surface area contributed by atoms with Crippen LogP contribution >= 0.6 is 11.6 Å². The summed E-state index contributed by atoms with van der Waals surface area (Å²) in [5, 5.41) is 0.258. The third kappa shape index (κ3) is 1.53. The van der Waals surface area contributed by atoms with Crippen molar-refractivity contribution in [1.82, 2.24) is 0 Å². The van der Waals surface area contributed by atoms with Gasteiger partial charge in [-0.25, -0.2) is 4.39 Å². The van der Waals surface area contributed by atoms with E-state index in [2.05, 4.69) is 0 Å². The number of benzene rings is 1. The fraction of sp³-hybridized carbons (Fsp3) is 0.300. The van der Waals surface area contributed by atoms with Crippen molar-refractivity contribution in [3.8, 4) is 0 Å². The van der Waals surface area contributed by atoms with Gasteiger partial charge in [0, 0.05) is 5.56 Å². The van der Waals surface area contributed by atoms with Crippen LogP contribution in [0.5, 0.6) is 0 Å². The average Bonchev–Trinajstić information content (AvgIpc) is 2.88. The number of hydrogen-bond donors (Lipinski definition) is 1. The topological polar surface area (TPSA) is 43.1 Å². The lowest BCUT2D eigenvalue weighted by molar-refractivity contribution is 0.0949. The van der Waals surface area contributed by atoms with Crippen molar-refractivity contribution in [2.24, 2.45) is 5.73 Å². The van der Waals surface area contributed by atoms with Crippen molar-refractivity contribution in [2.75, 3.05) is 0 Å². The molecule has 1 aromatic rings. The third-order valence-electron chi connectivity index (χ3n) is 2.41. The molecule has 2 N–H and O–H groups in total. The molecule has 14 heavy (non-hydrogen) atoms. The molecule has 1 aliphatic carbocycles. The lowest BCUT2D eigenvalue weighted by Gasteiger charge is -2.08. The minimum absolute atomic E-state index is 0.187. The maximum Gasteiger partial charge on any atom is 0.184 e. The summed E-state index contributed by atoms with van der Waals surface area (Å²) >= 11 is 5.78. The maximum absolute atomic E-state index is 12.9. The van der Waals surface area contributed by atoms with E-state index in [4.69, 9.17) is 17.3 Å². The Labute approximate surface area is 85.9 Å². The molecule has 0 saturated heterocycles. The van der Waals surface area contributed by atoms with E-state index in [0.717, 1.165) is 6.07 Å². The molecule has 0 bridgehead atoms. The molecule has 2 rings (SSSR count). The lowest BCUT2D eigenvalue weighted by Crippen LogP contribution is -2.33. The molecule has 0 radical (unpaired) electrons. The number of carbonyl (C=O) groups is 1. The van der Waals surface area contributed by atoms with Gasteiger partial charge in [0.25, 0.3) is 0 Å². The number of rotatable bonds is 2. The van der Waals surface area contributed by atoms with Crippen LogP contribution in [0.25, 0.3) is 0 Å². The van der Waals surface area contributed by atoms with Crippen molar-refractivity contribution in [3.05, 3.63) is 34.6 Å². The summed E-state index contributed by atoms with van der Waals surface area (Å²) in [6.07, 6.45) is 1.30. The van der Waals surface area contributed by atoms with Crippen LogP contribution in [-0.2, 0) is 0 Å². The summed E-state index contributed by atoms with van der Waals surface area (Å²) in [5.74, 6) is -0.732. The molecule has 0 aliphatic heterocycles. The highest BCUT2D eigenvalue weighted by Crippen LogP contribution is 2.37. The van der Waals surface area contributed by atoms with Crippen molar-refractivity contribution in [1.29, 1.82) is 0 Å². The average molecular weight is 214 g/mol. The van der Waals surface area contributed by atoms with Gasteiger partial charge in [-0.05, 0) is 31.0 Å². The van der Waals surface area contributed by atoms with Gasteiger partial charge >= 0.3 is 0 Å². The molecule has 74 valence electrons. The second-order valence-electron chi connectivity index (χ2n) is 3.61. The first kappa shape index (κ1) is 9.62. The van der Waals surface area contributed by atoms with Crippen molar-refractivity contribution < 1.29 is 9.18 Å². The van der Waals surface area contributed by atoms with E-state index < -0.39 is 11.4 Å². The largest absolute Gasteiger partial charge is 0.319 e. The Balaban J connectivity index is 2.40. The second kappa shape index (κ2) is 3.04. The zero-order valence-corrected chi connectivity index (χ0v) is 8.14. The van der Waals surface area contributed by atoms with E-state index in [0.29, 0.717) is 12.8 Å². The highest BCUT2D eigenvalue weighted by Gasteiger charge is 2.46. The highest BCUT2D eigenvalue weighted by atomic mass is 35.5. The highest BCUT2D eigenvalue weighted by molar-refractivity contribution is 6.34. The Bertz CT molecular complexity index is 401. The molecule has 4 heteroatoms. The van der Waals surface area contributed by atoms with E-state index in [9.17, 15) is 9.18 Å². The summed E-state index contributed by atoms with van der Waals surface area (Å²) in [6.45, 7) is 0. The first-order valence-electron chi connectivity index (χ1n) is 4.32. The first-order valence-corrected chi connectivity index (χ1v) is 4.69. The molecule has 0 aromatic heterocycles. The van der Waals surface area contributed by atoms with Gasteiger partial charge in [-0.15, -0.1) is 0 Å². The van der Waals surface area contributed by atoms with Crippen LogP contribution < -0.4 is 5.73 Å². The molecule has 2 nitrogen and oxygen atoms in total. The predicted molar refractivity (Wildman–Crippen MR) is 51.9 cm³/mol. The van der Waals surface area contributed by atoms with Gasteiger partial charge < -0.3 is 5.73 Å². The lowest BCUT2D eigenvalue weighted by atomic mass is 10.0. The molecule has 1 saturated carbocycles. The molecular weight excluding hydrogens is 205 g/mol. The number of carbonyl (C=O) groups excluding carboxylic acids is 1. The maximum atomic E-state index is 12.9. The Morgan fingerprint density at radius 3 is 2.71 bits per heavy atom. The fourth-order valence-electron chi connectivity index (χ4n) is 1.30. The van der Waals surface area contributed by atoms with Gasteiger partial charge in [-0.2, -0.15) is 0 Å². The fourth-order valence-corrected chi connectivity index (χ4v) is 1.50. The molecule has 1 aromatic carbocycles. The predicted octanol–water partition coefficient (Wildman–Crippen LogP) is 2.15. The molecular formula is C10H9ClFNO. The van der Waals surface area contributed by atoms with Crippen LogP contribution in [-0.4, -0.2) is 11.3 Å². The molecule has 0 heterocycles. The van der Waals surface area contributed by atoms with Crippen LogP contribution in [0.15, 0.2) is 18.2 Å². The van der Waals surface area contributed by atoms with Gasteiger partial charge in [-0.3, -0.25) is 4.79 Å². The van der Waals surface area contributed by atoms with Crippen LogP contribution in [0.1, 0.15) is 23.2 Å². The Kier molecular flexibility index (Phi) is 2.09. The Morgan fingerprint density at radius 1 is 1.50 bits per heavy atom. The van der Waals surface area contributed by atoms with Gasteiger partial charge in [0.15, 0.2) is 5.78 Å². The zero-order valence-electron chi connectivity index (χ0n) is 7.39. The van der Waals surface area contributed by atoms with Crippen LogP contribution in [0, 0.1) is 5.82 Å².